The van der Waals surface area contributed by atoms with Crippen molar-refractivity contribution in [3.05, 3.63) is 36.0 Å². The molecule has 1 unspecified atom stereocenters. The van der Waals surface area contributed by atoms with Gasteiger partial charge in [0.1, 0.15) is 0 Å². The van der Waals surface area contributed by atoms with Crippen molar-refractivity contribution in [3.63, 3.8) is 0 Å². The first-order valence-electron chi connectivity index (χ1n) is 6.75. The van der Waals surface area contributed by atoms with Gasteiger partial charge in [-0.15, -0.1) is 0 Å². The molecule has 1 aromatic heterocycles. The highest BCUT2D eigenvalue weighted by atomic mass is 16.1. The molecule has 2 nitrogen and oxygen atoms in total. The molecule has 96 valence electrons. The molecule has 2 heteroatoms. The van der Waals surface area contributed by atoms with Gasteiger partial charge in [0.05, 0.1) is 0 Å². The van der Waals surface area contributed by atoms with Crippen LogP contribution in [-0.2, 0) is 0 Å². The van der Waals surface area contributed by atoms with Crippen LogP contribution in [-0.4, -0.2) is 10.4 Å². The van der Waals surface area contributed by atoms with Crippen LogP contribution in [0.25, 0.3) is 10.9 Å². The fraction of sp³-hybridized carbons (Fsp3) is 0.438. The van der Waals surface area contributed by atoms with Crippen molar-refractivity contribution in [1.82, 2.24) is 4.57 Å². The Kier molecular flexibility index (Phi) is 3.85. The number of carbonyl (C=O) groups is 1. The van der Waals surface area contributed by atoms with Gasteiger partial charge in [-0.2, -0.15) is 0 Å². The Labute approximate surface area is 109 Å². The molecule has 1 aromatic carbocycles. The molecule has 0 saturated carbocycles. The maximum absolute atomic E-state index is 11.4. The lowest BCUT2D eigenvalue weighted by molar-refractivity contribution is 0.101. The molecule has 1 atom stereocenters. The number of ketones is 1. The summed E-state index contributed by atoms with van der Waals surface area (Å²) in [7, 11) is 0. The third-order valence-corrected chi connectivity index (χ3v) is 3.58. The Hall–Kier alpha value is -1.57. The average molecular weight is 243 g/mol. The number of Topliss-reactive ketones (excluding diaryl/α,β-unsaturated/α-hetero) is 1. The molecule has 0 spiro atoms. The van der Waals surface area contributed by atoms with Crippen LogP contribution in [0.4, 0.5) is 0 Å². The summed E-state index contributed by atoms with van der Waals surface area (Å²) in [5.41, 5.74) is 2.02. The largest absolute Gasteiger partial charge is 0.345 e. The number of carbonyl (C=O) groups excluding carboxylic acids is 1. The van der Waals surface area contributed by atoms with E-state index in [0.29, 0.717) is 6.04 Å². The number of fused-ring (bicyclic) bond motifs is 1. The van der Waals surface area contributed by atoms with E-state index in [9.17, 15) is 4.79 Å². The normalized spacial score (nSPS) is 12.8. The van der Waals surface area contributed by atoms with Gasteiger partial charge in [0.15, 0.2) is 5.78 Å². The van der Waals surface area contributed by atoms with Gasteiger partial charge in [-0.1, -0.05) is 19.8 Å². The van der Waals surface area contributed by atoms with Crippen LogP contribution in [0.15, 0.2) is 30.5 Å². The topological polar surface area (TPSA) is 22.0 Å². The molecular weight excluding hydrogens is 222 g/mol. The van der Waals surface area contributed by atoms with Crippen molar-refractivity contribution in [2.24, 2.45) is 0 Å². The van der Waals surface area contributed by atoms with Gasteiger partial charge in [0, 0.05) is 28.7 Å². The smallest absolute Gasteiger partial charge is 0.159 e. The lowest BCUT2D eigenvalue weighted by Gasteiger charge is -2.14. The van der Waals surface area contributed by atoms with E-state index in [1.54, 1.807) is 6.92 Å². The average Bonchev–Trinajstić information content (AvgIpc) is 2.78. The summed E-state index contributed by atoms with van der Waals surface area (Å²) in [6.07, 6.45) is 5.83. The summed E-state index contributed by atoms with van der Waals surface area (Å²) in [6, 6.07) is 8.60. The minimum absolute atomic E-state index is 0.128. The zero-order valence-corrected chi connectivity index (χ0v) is 11.4. The van der Waals surface area contributed by atoms with Crippen LogP contribution in [0, 0.1) is 0 Å². The number of unbranched alkanes of at least 4 members (excludes halogenated alkanes) is 1. The Balaban J connectivity index is 2.33. The summed E-state index contributed by atoms with van der Waals surface area (Å²) < 4.78 is 2.31. The number of hydrogen-bond acceptors (Lipinski definition) is 1. The number of aromatic nitrogens is 1. The molecule has 1 heterocycles. The second-order valence-electron chi connectivity index (χ2n) is 5.04. The van der Waals surface area contributed by atoms with E-state index in [2.05, 4.69) is 36.7 Å². The molecule has 0 bridgehead atoms. The fourth-order valence-electron chi connectivity index (χ4n) is 2.41. The van der Waals surface area contributed by atoms with Gasteiger partial charge >= 0.3 is 0 Å². The minimum atomic E-state index is 0.128. The third-order valence-electron chi connectivity index (χ3n) is 3.58. The number of rotatable bonds is 5. The predicted octanol–water partition coefficient (Wildman–Crippen LogP) is 4.60. The highest BCUT2D eigenvalue weighted by Crippen LogP contribution is 2.24. The monoisotopic (exact) mass is 243 g/mol. The van der Waals surface area contributed by atoms with Crippen molar-refractivity contribution < 1.29 is 4.79 Å². The van der Waals surface area contributed by atoms with Crippen LogP contribution < -0.4 is 0 Å². The van der Waals surface area contributed by atoms with E-state index in [-0.39, 0.29) is 5.78 Å². The summed E-state index contributed by atoms with van der Waals surface area (Å²) in [5, 5.41) is 1.16. The van der Waals surface area contributed by atoms with Crippen LogP contribution in [0.2, 0.25) is 0 Å². The molecule has 2 aromatic rings. The Bertz CT molecular complexity index is 553. The maximum Gasteiger partial charge on any atom is 0.159 e. The lowest BCUT2D eigenvalue weighted by Crippen LogP contribution is -2.03. The second-order valence-corrected chi connectivity index (χ2v) is 5.04. The van der Waals surface area contributed by atoms with Gasteiger partial charge in [0.2, 0.25) is 0 Å². The van der Waals surface area contributed by atoms with E-state index < -0.39 is 0 Å². The minimum Gasteiger partial charge on any atom is -0.345 e. The molecule has 18 heavy (non-hydrogen) atoms. The molecule has 2 rings (SSSR count). The highest BCUT2D eigenvalue weighted by Gasteiger charge is 2.09. The summed E-state index contributed by atoms with van der Waals surface area (Å²) in [4.78, 5) is 11.4. The van der Waals surface area contributed by atoms with E-state index in [1.807, 2.05) is 12.1 Å². The van der Waals surface area contributed by atoms with Crippen LogP contribution in [0.5, 0.6) is 0 Å². The van der Waals surface area contributed by atoms with Crippen molar-refractivity contribution in [2.45, 2.75) is 46.1 Å². The molecule has 0 aliphatic carbocycles. The van der Waals surface area contributed by atoms with E-state index in [0.717, 1.165) is 10.9 Å². The van der Waals surface area contributed by atoms with Crippen molar-refractivity contribution >= 4 is 16.7 Å². The zero-order chi connectivity index (χ0) is 13.1. The van der Waals surface area contributed by atoms with Gasteiger partial charge in [-0.05, 0) is 44.5 Å². The van der Waals surface area contributed by atoms with Crippen LogP contribution in [0.1, 0.15) is 56.4 Å². The summed E-state index contributed by atoms with van der Waals surface area (Å²) in [6.45, 7) is 6.09. The Morgan fingerprint density at radius 1 is 1.33 bits per heavy atom. The predicted molar refractivity (Wildman–Crippen MR) is 76.2 cm³/mol. The molecular formula is C16H21NO. The van der Waals surface area contributed by atoms with E-state index >= 15 is 0 Å². The van der Waals surface area contributed by atoms with Crippen LogP contribution >= 0.6 is 0 Å². The molecule has 0 amide bonds. The fourth-order valence-corrected chi connectivity index (χ4v) is 2.41. The van der Waals surface area contributed by atoms with Gasteiger partial charge in [-0.3, -0.25) is 4.79 Å². The molecule has 0 saturated heterocycles. The first-order valence-corrected chi connectivity index (χ1v) is 6.75. The first kappa shape index (κ1) is 12.9. The van der Waals surface area contributed by atoms with Crippen LogP contribution in [0.3, 0.4) is 0 Å². The Morgan fingerprint density at radius 3 is 2.78 bits per heavy atom. The van der Waals surface area contributed by atoms with E-state index in [1.165, 1.54) is 24.8 Å². The molecule has 0 aliphatic rings. The number of hydrogen-bond donors (Lipinski definition) is 0. The zero-order valence-electron chi connectivity index (χ0n) is 11.4. The van der Waals surface area contributed by atoms with Gasteiger partial charge in [-0.25, -0.2) is 0 Å². The van der Waals surface area contributed by atoms with Gasteiger partial charge < -0.3 is 4.57 Å². The standard InChI is InChI=1S/C16H21NO/c1-4-5-6-12(2)17-10-9-15-11-14(13(3)18)7-8-16(15)17/h7-12H,4-6H2,1-3H3. The second kappa shape index (κ2) is 5.38. The quantitative estimate of drug-likeness (QED) is 0.704. The SMILES string of the molecule is CCCCC(C)n1ccc2cc(C(C)=O)ccc21. The number of nitrogens with zero attached hydrogens (tertiary/aromatic N) is 1. The molecule has 0 fully saturated rings. The Morgan fingerprint density at radius 2 is 2.11 bits per heavy atom. The van der Waals surface area contributed by atoms with Crippen molar-refractivity contribution in [1.29, 1.82) is 0 Å². The molecule has 0 radical (unpaired) electrons. The summed E-state index contributed by atoms with van der Waals surface area (Å²) in [5.74, 6) is 0.128. The number of benzene rings is 1. The lowest BCUT2D eigenvalue weighted by atomic mass is 10.1. The van der Waals surface area contributed by atoms with E-state index in [4.69, 9.17) is 0 Å². The molecule has 0 aliphatic heterocycles. The van der Waals surface area contributed by atoms with Crippen molar-refractivity contribution in [2.75, 3.05) is 0 Å². The summed E-state index contributed by atoms with van der Waals surface area (Å²) >= 11 is 0. The third kappa shape index (κ3) is 2.47. The maximum atomic E-state index is 11.4. The molecule has 0 N–H and O–H groups in total. The first-order chi connectivity index (χ1) is 8.63. The van der Waals surface area contributed by atoms with Gasteiger partial charge in [0.25, 0.3) is 0 Å². The van der Waals surface area contributed by atoms with Crippen molar-refractivity contribution in [3.8, 4) is 0 Å². The highest BCUT2D eigenvalue weighted by molar-refractivity contribution is 5.98.